The van der Waals surface area contributed by atoms with E-state index < -0.39 is 0 Å². The number of rotatable bonds is 8. The zero-order chi connectivity index (χ0) is 22.2. The Labute approximate surface area is 187 Å². The van der Waals surface area contributed by atoms with Gasteiger partial charge in [-0.1, -0.05) is 19.0 Å². The Hall–Kier alpha value is -2.09. The van der Waals surface area contributed by atoms with Gasteiger partial charge in [-0.05, 0) is 39.5 Å². The van der Waals surface area contributed by atoms with Gasteiger partial charge in [0, 0.05) is 57.8 Å². The lowest BCUT2D eigenvalue weighted by Crippen LogP contribution is -2.57. The maximum atomic E-state index is 12.7. The number of hydrogen-bond donors (Lipinski definition) is 1. The number of amides is 1. The molecule has 3 rings (SSSR count). The minimum Gasteiger partial charge on any atom is -0.359 e. The van der Waals surface area contributed by atoms with Crippen molar-refractivity contribution in [3.63, 3.8) is 0 Å². The molecule has 1 amide bonds. The van der Waals surface area contributed by atoms with Crippen LogP contribution in [0.25, 0.3) is 0 Å². The molecule has 0 aromatic carbocycles. The Kier molecular flexibility index (Phi) is 8.75. The molecule has 0 aliphatic carbocycles. The van der Waals surface area contributed by atoms with Crippen molar-refractivity contribution >= 4 is 11.9 Å². The van der Waals surface area contributed by atoms with Gasteiger partial charge in [-0.2, -0.15) is 0 Å². The first kappa shape index (κ1) is 23.6. The van der Waals surface area contributed by atoms with Crippen LogP contribution in [0.2, 0.25) is 0 Å². The van der Waals surface area contributed by atoms with Crippen molar-refractivity contribution in [1.29, 1.82) is 0 Å². The molecule has 8 heteroatoms. The van der Waals surface area contributed by atoms with Gasteiger partial charge < -0.3 is 19.6 Å². The van der Waals surface area contributed by atoms with Crippen LogP contribution < -0.4 is 5.32 Å². The molecular weight excluding hydrogens is 392 g/mol. The molecule has 1 unspecified atom stereocenters. The number of likely N-dealkylation sites (tertiary alicyclic amines) is 1. The minimum absolute atomic E-state index is 0.0440. The lowest BCUT2D eigenvalue weighted by Gasteiger charge is -2.39. The van der Waals surface area contributed by atoms with Crippen LogP contribution >= 0.6 is 0 Å². The number of nitrogens with zero attached hydrogens (tertiary/aromatic N) is 5. The molecule has 2 aliphatic heterocycles. The van der Waals surface area contributed by atoms with E-state index in [9.17, 15) is 4.79 Å². The molecule has 1 aromatic heterocycles. The monoisotopic (exact) mass is 432 g/mol. The van der Waals surface area contributed by atoms with E-state index in [-0.39, 0.29) is 11.9 Å². The molecule has 0 bridgehead atoms. The molecular formula is C23H40N6O2. The van der Waals surface area contributed by atoms with Crippen LogP contribution in [0.1, 0.15) is 70.8 Å². The highest BCUT2D eigenvalue weighted by atomic mass is 16.5. The third-order valence-corrected chi connectivity index (χ3v) is 6.64. The summed E-state index contributed by atoms with van der Waals surface area (Å²) >= 11 is 0. The lowest BCUT2D eigenvalue weighted by molar-refractivity contribution is -0.135. The fourth-order valence-electron chi connectivity index (χ4n) is 4.56. The number of carbonyl (C=O) groups excluding carboxylic acids is 1. The van der Waals surface area contributed by atoms with Crippen LogP contribution in [0.4, 0.5) is 0 Å². The molecule has 3 heterocycles. The maximum absolute atomic E-state index is 12.7. The number of hydrogen-bond acceptors (Lipinski definition) is 5. The molecule has 8 nitrogen and oxygen atoms in total. The Bertz CT molecular complexity index is 715. The number of aliphatic imine (C=N–C) groups is 1. The number of carbonyl (C=O) groups is 1. The standard InChI is InChI=1S/C23H40N6O2/c1-5-19(6-2)21-16-20(31-26-21)17-25-23(24-7-3)29-14-12-27(13-15-29)18(4)22(30)28-10-8-9-11-28/h16,18-19H,5-15,17H2,1-4H3,(H,24,25). The van der Waals surface area contributed by atoms with E-state index >= 15 is 0 Å². The Morgan fingerprint density at radius 3 is 2.39 bits per heavy atom. The lowest BCUT2D eigenvalue weighted by atomic mass is 9.99. The SMILES string of the molecule is CCNC(=NCc1cc(C(CC)CC)no1)N1CCN(C(C)C(=O)N2CCCC2)CC1. The molecule has 0 saturated carbocycles. The van der Waals surface area contributed by atoms with Crippen LogP contribution in [-0.4, -0.2) is 83.6 Å². The van der Waals surface area contributed by atoms with Crippen molar-refractivity contribution in [2.24, 2.45) is 4.99 Å². The van der Waals surface area contributed by atoms with Gasteiger partial charge in [-0.3, -0.25) is 9.69 Å². The highest BCUT2D eigenvalue weighted by Crippen LogP contribution is 2.22. The molecule has 1 N–H and O–H groups in total. The second kappa shape index (κ2) is 11.5. The predicted molar refractivity (Wildman–Crippen MR) is 123 cm³/mol. The van der Waals surface area contributed by atoms with Crippen LogP contribution in [0.5, 0.6) is 0 Å². The average Bonchev–Trinajstić information content (AvgIpc) is 3.49. The van der Waals surface area contributed by atoms with Crippen molar-refractivity contribution in [3.05, 3.63) is 17.5 Å². The molecule has 2 saturated heterocycles. The van der Waals surface area contributed by atoms with Crippen LogP contribution in [0.15, 0.2) is 15.6 Å². The van der Waals surface area contributed by atoms with E-state index in [0.717, 1.165) is 88.9 Å². The quantitative estimate of drug-likeness (QED) is 0.503. The zero-order valence-corrected chi connectivity index (χ0v) is 19.8. The van der Waals surface area contributed by atoms with Crippen LogP contribution in [0, 0.1) is 0 Å². The first-order chi connectivity index (χ1) is 15.1. The summed E-state index contributed by atoms with van der Waals surface area (Å²) in [6, 6.07) is 2.01. The Balaban J connectivity index is 1.55. The van der Waals surface area contributed by atoms with Gasteiger partial charge in [0.1, 0.15) is 6.54 Å². The highest BCUT2D eigenvalue weighted by molar-refractivity contribution is 5.82. The number of nitrogens with one attached hydrogen (secondary N) is 1. The minimum atomic E-state index is -0.0440. The molecule has 174 valence electrons. The largest absolute Gasteiger partial charge is 0.359 e. The number of guanidine groups is 1. The average molecular weight is 433 g/mol. The fraction of sp³-hybridized carbons (Fsp3) is 0.783. The topological polar surface area (TPSA) is 77.2 Å². The second-order valence-electron chi connectivity index (χ2n) is 8.63. The number of aromatic nitrogens is 1. The van der Waals surface area contributed by atoms with Crippen molar-refractivity contribution in [2.45, 2.75) is 71.9 Å². The molecule has 31 heavy (non-hydrogen) atoms. The summed E-state index contributed by atoms with van der Waals surface area (Å²) in [6.45, 7) is 15.1. The third-order valence-electron chi connectivity index (χ3n) is 6.64. The summed E-state index contributed by atoms with van der Waals surface area (Å²) < 4.78 is 5.54. The Morgan fingerprint density at radius 1 is 1.10 bits per heavy atom. The molecule has 0 spiro atoms. The van der Waals surface area contributed by atoms with Gasteiger partial charge >= 0.3 is 0 Å². The molecule has 0 radical (unpaired) electrons. The smallest absolute Gasteiger partial charge is 0.239 e. The van der Waals surface area contributed by atoms with E-state index in [0.29, 0.717) is 12.5 Å². The summed E-state index contributed by atoms with van der Waals surface area (Å²) in [5.74, 6) is 2.44. The first-order valence-electron chi connectivity index (χ1n) is 12.1. The predicted octanol–water partition coefficient (Wildman–Crippen LogP) is 2.67. The zero-order valence-electron chi connectivity index (χ0n) is 19.8. The molecule has 1 atom stereocenters. The Morgan fingerprint density at radius 2 is 1.77 bits per heavy atom. The van der Waals surface area contributed by atoms with Crippen LogP contribution in [0.3, 0.4) is 0 Å². The van der Waals surface area contributed by atoms with E-state index in [1.165, 1.54) is 0 Å². The molecule has 1 aromatic rings. The van der Waals surface area contributed by atoms with Crippen molar-refractivity contribution in [3.8, 4) is 0 Å². The number of piperazine rings is 1. The normalized spacial score (nSPS) is 19.3. The summed E-state index contributed by atoms with van der Waals surface area (Å²) in [7, 11) is 0. The van der Waals surface area contributed by atoms with Gasteiger partial charge in [0.05, 0.1) is 11.7 Å². The first-order valence-corrected chi connectivity index (χ1v) is 12.1. The van der Waals surface area contributed by atoms with Gasteiger partial charge in [-0.15, -0.1) is 0 Å². The summed E-state index contributed by atoms with van der Waals surface area (Å²) in [5, 5.41) is 7.66. The summed E-state index contributed by atoms with van der Waals surface area (Å²) in [5.41, 5.74) is 1.03. The fourth-order valence-corrected chi connectivity index (χ4v) is 4.56. The van der Waals surface area contributed by atoms with Crippen LogP contribution in [-0.2, 0) is 11.3 Å². The second-order valence-corrected chi connectivity index (χ2v) is 8.63. The highest BCUT2D eigenvalue weighted by Gasteiger charge is 2.30. The van der Waals surface area contributed by atoms with E-state index in [1.807, 2.05) is 11.0 Å². The molecule has 2 fully saturated rings. The maximum Gasteiger partial charge on any atom is 0.239 e. The summed E-state index contributed by atoms with van der Waals surface area (Å²) in [6.07, 6.45) is 4.41. The van der Waals surface area contributed by atoms with E-state index in [2.05, 4.69) is 48.0 Å². The van der Waals surface area contributed by atoms with E-state index in [1.54, 1.807) is 0 Å². The van der Waals surface area contributed by atoms with Gasteiger partial charge in [0.25, 0.3) is 0 Å². The van der Waals surface area contributed by atoms with Crippen molar-refractivity contribution < 1.29 is 9.32 Å². The van der Waals surface area contributed by atoms with Gasteiger partial charge in [0.2, 0.25) is 5.91 Å². The van der Waals surface area contributed by atoms with Gasteiger partial charge in [0.15, 0.2) is 11.7 Å². The third kappa shape index (κ3) is 5.99. The molecule has 2 aliphatic rings. The van der Waals surface area contributed by atoms with Gasteiger partial charge in [-0.25, -0.2) is 4.99 Å². The van der Waals surface area contributed by atoms with Crippen molar-refractivity contribution in [2.75, 3.05) is 45.8 Å². The van der Waals surface area contributed by atoms with Crippen molar-refractivity contribution in [1.82, 2.24) is 25.2 Å². The van der Waals surface area contributed by atoms with E-state index in [4.69, 9.17) is 9.52 Å². The summed E-state index contributed by atoms with van der Waals surface area (Å²) in [4.78, 5) is 24.1.